The maximum Gasteiger partial charge on any atom is 0.313 e. The summed E-state index contributed by atoms with van der Waals surface area (Å²) >= 11 is 5.54. The molecule has 2 fully saturated rings. The van der Waals surface area contributed by atoms with Crippen LogP contribution in [-0.4, -0.2) is 34.8 Å². The van der Waals surface area contributed by atoms with E-state index in [1.54, 1.807) is 38.1 Å². The molecule has 0 aliphatic heterocycles. The van der Waals surface area contributed by atoms with Crippen molar-refractivity contribution < 1.29 is 14.7 Å². The lowest BCUT2D eigenvalue weighted by molar-refractivity contribution is -0.142. The highest BCUT2D eigenvalue weighted by atomic mass is 35.5. The van der Waals surface area contributed by atoms with Gasteiger partial charge in [0.1, 0.15) is 0 Å². The van der Waals surface area contributed by atoms with Gasteiger partial charge in [-0.1, -0.05) is 62.8 Å². The summed E-state index contributed by atoms with van der Waals surface area (Å²) in [4.78, 5) is 22.8. The number of halogens is 1. The number of aliphatic carboxylic acids is 1. The molecule has 2 aliphatic carbocycles. The first-order valence-corrected chi connectivity index (χ1v) is 12.6. The zero-order chi connectivity index (χ0) is 22.7. The summed E-state index contributed by atoms with van der Waals surface area (Å²) in [6.07, 6.45) is 15.6. The minimum Gasteiger partial charge on any atom is -0.481 e. The van der Waals surface area contributed by atoms with Crippen LogP contribution in [0, 0.1) is 0 Å². The van der Waals surface area contributed by atoms with Gasteiger partial charge in [-0.25, -0.2) is 0 Å². The number of alkyl halides is 1. The van der Waals surface area contributed by atoms with Crippen LogP contribution in [0.5, 0.6) is 0 Å². The highest BCUT2D eigenvalue weighted by molar-refractivity contribution is 6.18. The van der Waals surface area contributed by atoms with Crippen molar-refractivity contribution in [3.8, 4) is 0 Å². The molecule has 4 nitrogen and oxygen atoms in total. The number of carbonyl (C=O) groups is 2. The zero-order valence-corrected chi connectivity index (χ0v) is 20.1. The molecule has 0 amide bonds. The van der Waals surface area contributed by atoms with Gasteiger partial charge < -0.3 is 10.4 Å². The normalized spacial score (nSPS) is 18.2. The van der Waals surface area contributed by atoms with E-state index < -0.39 is 11.4 Å². The fourth-order valence-corrected chi connectivity index (χ4v) is 4.57. The fourth-order valence-electron chi connectivity index (χ4n) is 4.44. The van der Waals surface area contributed by atoms with E-state index in [2.05, 4.69) is 5.32 Å². The van der Waals surface area contributed by atoms with Crippen molar-refractivity contribution in [3.05, 3.63) is 35.4 Å². The topological polar surface area (TPSA) is 66.4 Å². The smallest absolute Gasteiger partial charge is 0.313 e. The first kappa shape index (κ1) is 25.9. The maximum atomic E-state index is 11.7. The molecule has 0 heterocycles. The van der Waals surface area contributed by atoms with Gasteiger partial charge in [0, 0.05) is 29.9 Å². The molecule has 0 atom stereocenters. The summed E-state index contributed by atoms with van der Waals surface area (Å²) in [7, 11) is 0. The SMILES string of the molecule is C1CCC(NC2CCCCC2)CC1.CC(C)(C(=O)O)c1ccc(C(=O)CCCCl)cc1. The predicted molar refractivity (Wildman–Crippen MR) is 128 cm³/mol. The van der Waals surface area contributed by atoms with E-state index in [0.29, 0.717) is 29.8 Å². The molecule has 0 spiro atoms. The summed E-state index contributed by atoms with van der Waals surface area (Å²) in [5.41, 5.74) is 0.339. The van der Waals surface area contributed by atoms with E-state index in [9.17, 15) is 9.59 Å². The van der Waals surface area contributed by atoms with Crippen LogP contribution in [-0.2, 0) is 10.2 Å². The number of nitrogens with one attached hydrogen (secondary N) is 1. The Morgan fingerprint density at radius 2 is 1.42 bits per heavy atom. The average Bonchev–Trinajstić information content (AvgIpc) is 2.79. The van der Waals surface area contributed by atoms with Gasteiger partial charge in [-0.2, -0.15) is 0 Å². The average molecular weight is 450 g/mol. The molecule has 1 aromatic carbocycles. The lowest BCUT2D eigenvalue weighted by Crippen LogP contribution is -2.40. The van der Waals surface area contributed by atoms with Crippen molar-refractivity contribution in [2.24, 2.45) is 0 Å². The number of Topliss-reactive ketones (excluding diaryl/α,β-unsaturated/α-hetero) is 1. The Labute approximate surface area is 193 Å². The number of ketones is 1. The summed E-state index contributed by atoms with van der Waals surface area (Å²) < 4.78 is 0. The minimum atomic E-state index is -0.947. The van der Waals surface area contributed by atoms with Crippen molar-refractivity contribution in [2.75, 3.05) is 5.88 Å². The second-order valence-electron chi connectivity index (χ2n) is 9.56. The molecule has 174 valence electrons. The van der Waals surface area contributed by atoms with Crippen LogP contribution in [0.1, 0.15) is 107 Å². The van der Waals surface area contributed by atoms with E-state index in [-0.39, 0.29) is 5.78 Å². The number of rotatable bonds is 8. The van der Waals surface area contributed by atoms with Crippen molar-refractivity contribution in [1.29, 1.82) is 0 Å². The minimum absolute atomic E-state index is 0.0373. The summed E-state index contributed by atoms with van der Waals surface area (Å²) in [6, 6.07) is 8.49. The Hall–Kier alpha value is -1.39. The van der Waals surface area contributed by atoms with E-state index in [1.165, 1.54) is 64.2 Å². The Morgan fingerprint density at radius 3 is 1.84 bits per heavy atom. The molecule has 0 saturated heterocycles. The number of hydrogen-bond donors (Lipinski definition) is 2. The molecular weight excluding hydrogens is 410 g/mol. The number of hydrogen-bond acceptors (Lipinski definition) is 3. The van der Waals surface area contributed by atoms with Crippen molar-refractivity contribution in [1.82, 2.24) is 5.32 Å². The van der Waals surface area contributed by atoms with Crippen LogP contribution < -0.4 is 5.32 Å². The van der Waals surface area contributed by atoms with Gasteiger partial charge in [0.2, 0.25) is 0 Å². The summed E-state index contributed by atoms with van der Waals surface area (Å²) in [5, 5.41) is 13.0. The summed E-state index contributed by atoms with van der Waals surface area (Å²) in [5.74, 6) is -0.380. The van der Waals surface area contributed by atoms with Crippen molar-refractivity contribution >= 4 is 23.4 Å². The monoisotopic (exact) mass is 449 g/mol. The van der Waals surface area contributed by atoms with Crippen LogP contribution in [0.25, 0.3) is 0 Å². The van der Waals surface area contributed by atoms with Gasteiger partial charge in [0.15, 0.2) is 5.78 Å². The van der Waals surface area contributed by atoms with Crippen molar-refractivity contribution in [2.45, 2.75) is 108 Å². The second-order valence-corrected chi connectivity index (χ2v) is 9.94. The number of carbonyl (C=O) groups excluding carboxylic acids is 1. The molecule has 2 N–H and O–H groups in total. The summed E-state index contributed by atoms with van der Waals surface area (Å²) in [6.45, 7) is 3.28. The molecule has 5 heteroatoms. The highest BCUT2D eigenvalue weighted by Crippen LogP contribution is 2.24. The third kappa shape index (κ3) is 8.57. The Bertz CT molecular complexity index is 658. The van der Waals surface area contributed by atoms with Crippen LogP contribution in [0.3, 0.4) is 0 Å². The molecule has 0 aromatic heterocycles. The second kappa shape index (κ2) is 13.2. The lowest BCUT2D eigenvalue weighted by atomic mass is 9.84. The van der Waals surface area contributed by atoms with Gasteiger partial charge >= 0.3 is 5.97 Å². The highest BCUT2D eigenvalue weighted by Gasteiger charge is 2.29. The predicted octanol–water partition coefficient (Wildman–Crippen LogP) is 6.49. The molecule has 2 saturated carbocycles. The molecule has 1 aromatic rings. The Balaban J connectivity index is 0.000000231. The zero-order valence-electron chi connectivity index (χ0n) is 19.3. The number of carboxylic acid groups (broad SMARTS) is 1. The van der Waals surface area contributed by atoms with Crippen LogP contribution in [0.4, 0.5) is 0 Å². The molecule has 31 heavy (non-hydrogen) atoms. The third-order valence-electron chi connectivity index (χ3n) is 6.68. The first-order valence-electron chi connectivity index (χ1n) is 12.0. The Kier molecular flexibility index (Phi) is 11.0. The largest absolute Gasteiger partial charge is 0.481 e. The first-order chi connectivity index (χ1) is 14.8. The fraction of sp³-hybridized carbons (Fsp3) is 0.692. The molecule has 0 bridgehead atoms. The quantitative estimate of drug-likeness (QED) is 0.351. The number of carboxylic acids is 1. The van der Waals surface area contributed by atoms with Gasteiger partial charge in [-0.3, -0.25) is 9.59 Å². The van der Waals surface area contributed by atoms with E-state index in [1.807, 2.05) is 0 Å². The molecule has 2 aliphatic rings. The van der Waals surface area contributed by atoms with E-state index in [4.69, 9.17) is 16.7 Å². The lowest BCUT2D eigenvalue weighted by Gasteiger charge is -2.30. The maximum absolute atomic E-state index is 11.7. The third-order valence-corrected chi connectivity index (χ3v) is 6.95. The molecule has 3 rings (SSSR count). The molecule has 0 unspecified atom stereocenters. The van der Waals surface area contributed by atoms with E-state index in [0.717, 1.165) is 12.1 Å². The van der Waals surface area contributed by atoms with Gasteiger partial charge in [0.25, 0.3) is 0 Å². The molecule has 0 radical (unpaired) electrons. The van der Waals surface area contributed by atoms with Gasteiger partial charge in [-0.05, 0) is 51.5 Å². The Morgan fingerprint density at radius 1 is 0.935 bits per heavy atom. The van der Waals surface area contributed by atoms with Crippen LogP contribution in [0.2, 0.25) is 0 Å². The standard InChI is InChI=1S/C14H17ClO3.C12H23N/c1-14(2,13(17)18)11-7-5-10(6-8-11)12(16)4-3-9-15;1-3-7-11(8-4-1)13-12-9-5-2-6-10-12/h5-8H,3-4,9H2,1-2H3,(H,17,18);11-13H,1-10H2. The van der Waals surface area contributed by atoms with Crippen LogP contribution >= 0.6 is 11.6 Å². The van der Waals surface area contributed by atoms with Gasteiger partial charge in [-0.15, -0.1) is 11.6 Å². The van der Waals surface area contributed by atoms with E-state index >= 15 is 0 Å². The van der Waals surface area contributed by atoms with Gasteiger partial charge in [0.05, 0.1) is 5.41 Å². The van der Waals surface area contributed by atoms with Crippen molar-refractivity contribution in [3.63, 3.8) is 0 Å². The molecular formula is C26H40ClNO3. The van der Waals surface area contributed by atoms with Crippen LogP contribution in [0.15, 0.2) is 24.3 Å². The number of benzene rings is 1.